The van der Waals surface area contributed by atoms with Crippen molar-refractivity contribution >= 4 is 17.3 Å². The van der Waals surface area contributed by atoms with Gasteiger partial charge in [-0.2, -0.15) is 13.2 Å². The molecule has 3 rings (SSSR count). The van der Waals surface area contributed by atoms with E-state index in [1.807, 2.05) is 0 Å². The third kappa shape index (κ3) is 4.17. The summed E-state index contributed by atoms with van der Waals surface area (Å²) in [7, 11) is 0. The van der Waals surface area contributed by atoms with Gasteiger partial charge in [-0.25, -0.2) is 4.98 Å². The summed E-state index contributed by atoms with van der Waals surface area (Å²) in [5, 5.41) is 13.7. The highest BCUT2D eigenvalue weighted by Crippen LogP contribution is 2.30. The number of aromatic nitrogens is 2. The van der Waals surface area contributed by atoms with Gasteiger partial charge in [0, 0.05) is 12.1 Å². The SMILES string of the molecule is O=c1cc(C(F)(F)F)nc(Nc2ccccc2[N+](=O)[O-])n1Cc1ccccc1. The quantitative estimate of drug-likeness (QED) is 0.526. The fourth-order valence-corrected chi connectivity index (χ4v) is 2.52. The minimum Gasteiger partial charge on any atom is -0.320 e. The second-order valence-electron chi connectivity index (χ2n) is 5.77. The molecule has 1 aromatic heterocycles. The zero-order valence-electron chi connectivity index (χ0n) is 14.2. The van der Waals surface area contributed by atoms with Crippen molar-refractivity contribution in [1.82, 2.24) is 9.55 Å². The number of anilines is 2. The molecule has 0 saturated carbocycles. The highest BCUT2D eigenvalue weighted by molar-refractivity contribution is 5.66. The number of nitro groups is 1. The van der Waals surface area contributed by atoms with E-state index in [1.54, 1.807) is 30.3 Å². The number of rotatable bonds is 5. The van der Waals surface area contributed by atoms with Crippen molar-refractivity contribution in [2.45, 2.75) is 12.7 Å². The number of hydrogen-bond acceptors (Lipinski definition) is 5. The van der Waals surface area contributed by atoms with Gasteiger partial charge < -0.3 is 5.32 Å². The summed E-state index contributed by atoms with van der Waals surface area (Å²) in [4.78, 5) is 26.4. The van der Waals surface area contributed by atoms with Crippen LogP contribution in [0.1, 0.15) is 11.3 Å². The van der Waals surface area contributed by atoms with Gasteiger partial charge in [0.15, 0.2) is 5.69 Å². The Kier molecular flexibility index (Phi) is 5.12. The first-order valence-corrected chi connectivity index (χ1v) is 7.99. The summed E-state index contributed by atoms with van der Waals surface area (Å²) in [5.41, 5.74) is -2.12. The van der Waals surface area contributed by atoms with Gasteiger partial charge in [0.25, 0.3) is 11.2 Å². The van der Waals surface area contributed by atoms with Crippen LogP contribution in [-0.2, 0) is 12.7 Å². The van der Waals surface area contributed by atoms with E-state index in [0.29, 0.717) is 11.6 Å². The molecule has 0 atom stereocenters. The Labute approximate surface area is 156 Å². The van der Waals surface area contributed by atoms with E-state index in [2.05, 4.69) is 10.3 Å². The lowest BCUT2D eigenvalue weighted by molar-refractivity contribution is -0.383. The van der Waals surface area contributed by atoms with Crippen LogP contribution in [0.4, 0.5) is 30.5 Å². The minimum absolute atomic E-state index is 0.0617. The number of hydrogen-bond donors (Lipinski definition) is 1. The van der Waals surface area contributed by atoms with E-state index in [9.17, 15) is 28.1 Å². The third-order valence-electron chi connectivity index (χ3n) is 3.83. The Bertz CT molecular complexity index is 1070. The summed E-state index contributed by atoms with van der Waals surface area (Å²) >= 11 is 0. The normalized spacial score (nSPS) is 11.2. The third-order valence-corrected chi connectivity index (χ3v) is 3.83. The summed E-state index contributed by atoms with van der Waals surface area (Å²) in [6.07, 6.45) is -4.84. The molecule has 1 heterocycles. The topological polar surface area (TPSA) is 90.1 Å². The van der Waals surface area contributed by atoms with Gasteiger partial charge in [0.05, 0.1) is 11.5 Å². The number of nitrogens with zero attached hydrogens (tertiary/aromatic N) is 3. The maximum Gasteiger partial charge on any atom is 0.433 e. The van der Waals surface area contributed by atoms with Gasteiger partial charge in [-0.05, 0) is 11.6 Å². The van der Waals surface area contributed by atoms with E-state index in [-0.39, 0.29) is 17.9 Å². The van der Waals surface area contributed by atoms with Gasteiger partial charge in [-0.15, -0.1) is 0 Å². The zero-order chi connectivity index (χ0) is 20.3. The molecule has 0 bridgehead atoms. The average molecular weight is 390 g/mol. The molecule has 28 heavy (non-hydrogen) atoms. The summed E-state index contributed by atoms with van der Waals surface area (Å²) in [6, 6.07) is 14.4. The number of nitrogens with one attached hydrogen (secondary N) is 1. The number of para-hydroxylation sites is 2. The van der Waals surface area contributed by atoms with Crippen molar-refractivity contribution in [3.63, 3.8) is 0 Å². The number of nitro benzene ring substituents is 1. The molecular weight excluding hydrogens is 377 g/mol. The van der Waals surface area contributed by atoms with Crippen molar-refractivity contribution in [3.8, 4) is 0 Å². The van der Waals surface area contributed by atoms with E-state index >= 15 is 0 Å². The summed E-state index contributed by atoms with van der Waals surface area (Å²) in [6.45, 7) is -0.0617. The molecule has 0 saturated heterocycles. The molecule has 10 heteroatoms. The average Bonchev–Trinajstić information content (AvgIpc) is 2.64. The van der Waals surface area contributed by atoms with Crippen LogP contribution < -0.4 is 10.9 Å². The predicted octanol–water partition coefficient (Wildman–Crippen LogP) is 3.96. The molecule has 1 N–H and O–H groups in total. The smallest absolute Gasteiger partial charge is 0.320 e. The molecule has 0 aliphatic carbocycles. The van der Waals surface area contributed by atoms with E-state index in [0.717, 1.165) is 4.57 Å². The largest absolute Gasteiger partial charge is 0.433 e. The molecule has 7 nitrogen and oxygen atoms in total. The molecule has 0 spiro atoms. The van der Waals surface area contributed by atoms with E-state index in [1.165, 1.54) is 24.3 Å². The molecule has 144 valence electrons. The molecular formula is C18H13F3N4O3. The molecule has 0 radical (unpaired) electrons. The van der Waals surface area contributed by atoms with Crippen LogP contribution in [0.3, 0.4) is 0 Å². The summed E-state index contributed by atoms with van der Waals surface area (Å²) < 4.78 is 40.3. The number of benzene rings is 2. The van der Waals surface area contributed by atoms with Gasteiger partial charge in [-0.1, -0.05) is 42.5 Å². The maximum absolute atomic E-state index is 13.1. The summed E-state index contributed by atoms with van der Waals surface area (Å²) in [5.74, 6) is -0.446. The van der Waals surface area contributed by atoms with E-state index < -0.39 is 28.3 Å². The van der Waals surface area contributed by atoms with Gasteiger partial charge in [0.2, 0.25) is 5.95 Å². The van der Waals surface area contributed by atoms with Crippen molar-refractivity contribution in [1.29, 1.82) is 0 Å². The Balaban J connectivity index is 2.13. The minimum atomic E-state index is -4.84. The molecule has 0 fully saturated rings. The fraction of sp³-hybridized carbons (Fsp3) is 0.111. The van der Waals surface area contributed by atoms with Gasteiger partial charge in [0.1, 0.15) is 5.69 Å². The lowest BCUT2D eigenvalue weighted by atomic mass is 10.2. The first kappa shape index (κ1) is 19.1. The molecule has 0 aliphatic heterocycles. The first-order valence-electron chi connectivity index (χ1n) is 7.99. The van der Waals surface area contributed by atoms with Crippen LogP contribution in [0.25, 0.3) is 0 Å². The van der Waals surface area contributed by atoms with Crippen LogP contribution in [-0.4, -0.2) is 14.5 Å². The van der Waals surface area contributed by atoms with Crippen LogP contribution in [0.2, 0.25) is 0 Å². The lowest BCUT2D eigenvalue weighted by Gasteiger charge is -2.16. The number of halogens is 3. The predicted molar refractivity (Wildman–Crippen MR) is 95.4 cm³/mol. The van der Waals surface area contributed by atoms with Crippen molar-refractivity contribution in [2.24, 2.45) is 0 Å². The van der Waals surface area contributed by atoms with Crippen molar-refractivity contribution < 1.29 is 18.1 Å². The standard InChI is InChI=1S/C18H13F3N4O3/c19-18(20,21)15-10-16(26)24(11-12-6-2-1-3-7-12)17(23-15)22-13-8-4-5-9-14(13)25(27)28/h1-10H,11H2,(H,22,23). The first-order chi connectivity index (χ1) is 13.3. The lowest BCUT2D eigenvalue weighted by Crippen LogP contribution is -2.27. The molecule has 0 amide bonds. The molecule has 0 unspecified atom stereocenters. The van der Waals surface area contributed by atoms with Gasteiger partial charge in [-0.3, -0.25) is 19.5 Å². The Morgan fingerprint density at radius 2 is 1.71 bits per heavy atom. The van der Waals surface area contributed by atoms with Crippen molar-refractivity contribution in [2.75, 3.05) is 5.32 Å². The molecule has 2 aromatic carbocycles. The molecule has 3 aromatic rings. The second kappa shape index (κ2) is 7.51. The van der Waals surface area contributed by atoms with Crippen LogP contribution in [0, 0.1) is 10.1 Å². The fourth-order valence-electron chi connectivity index (χ4n) is 2.52. The van der Waals surface area contributed by atoms with Crippen LogP contribution in [0.15, 0.2) is 65.5 Å². The highest BCUT2D eigenvalue weighted by atomic mass is 19.4. The Morgan fingerprint density at radius 3 is 2.36 bits per heavy atom. The second-order valence-corrected chi connectivity index (χ2v) is 5.77. The molecule has 0 aliphatic rings. The maximum atomic E-state index is 13.1. The monoisotopic (exact) mass is 390 g/mol. The van der Waals surface area contributed by atoms with Crippen molar-refractivity contribution in [3.05, 3.63) is 92.4 Å². The Morgan fingerprint density at radius 1 is 1.07 bits per heavy atom. The highest BCUT2D eigenvalue weighted by Gasteiger charge is 2.34. The number of alkyl halides is 3. The van der Waals surface area contributed by atoms with Crippen LogP contribution in [0.5, 0.6) is 0 Å². The zero-order valence-corrected chi connectivity index (χ0v) is 14.2. The van der Waals surface area contributed by atoms with E-state index in [4.69, 9.17) is 0 Å². The Hall–Kier alpha value is -3.69. The van der Waals surface area contributed by atoms with Gasteiger partial charge >= 0.3 is 6.18 Å². The van der Waals surface area contributed by atoms with Crippen LogP contribution >= 0.6 is 0 Å².